The second-order valence-corrected chi connectivity index (χ2v) is 5.27. The Morgan fingerprint density at radius 2 is 2.00 bits per heavy atom. The lowest BCUT2D eigenvalue weighted by Gasteiger charge is -2.25. The number of nitrogens with one attached hydrogen (secondary N) is 1. The first kappa shape index (κ1) is 14.0. The number of alkyl halides is 1. The molecule has 0 saturated heterocycles. The minimum absolute atomic E-state index is 0.0513. The molecule has 1 rings (SSSR count). The summed E-state index contributed by atoms with van der Waals surface area (Å²) < 4.78 is 5.37. The van der Waals surface area contributed by atoms with Crippen molar-refractivity contribution >= 4 is 21.8 Å². The number of para-hydroxylation sites is 1. The van der Waals surface area contributed by atoms with Crippen LogP contribution >= 0.6 is 15.9 Å². The predicted molar refractivity (Wildman–Crippen MR) is 72.6 cm³/mol. The Morgan fingerprint density at radius 1 is 1.35 bits per heavy atom. The summed E-state index contributed by atoms with van der Waals surface area (Å²) in [7, 11) is 0. The number of halogens is 1. The summed E-state index contributed by atoms with van der Waals surface area (Å²) >= 11 is 3.37. The zero-order valence-electron chi connectivity index (χ0n) is 10.2. The molecule has 4 heteroatoms. The lowest BCUT2D eigenvalue weighted by atomic mass is 10.0. The molecule has 0 aliphatic heterocycles. The maximum absolute atomic E-state index is 11.7. The topological polar surface area (TPSA) is 38.3 Å². The highest BCUT2D eigenvalue weighted by Gasteiger charge is 2.19. The molecule has 1 amide bonds. The first-order valence-electron chi connectivity index (χ1n) is 5.58. The van der Waals surface area contributed by atoms with E-state index in [1.807, 2.05) is 44.2 Å². The van der Waals surface area contributed by atoms with E-state index in [2.05, 4.69) is 21.2 Å². The van der Waals surface area contributed by atoms with Gasteiger partial charge >= 0.3 is 0 Å². The summed E-state index contributed by atoms with van der Waals surface area (Å²) in [5, 5.41) is 3.79. The number of ether oxygens (including phenoxy) is 1. The maximum atomic E-state index is 11.7. The number of carbonyl (C=O) groups is 1. The van der Waals surface area contributed by atoms with Crippen molar-refractivity contribution in [3.63, 3.8) is 0 Å². The summed E-state index contributed by atoms with van der Waals surface area (Å²) in [5.74, 6) is 0.612. The molecule has 0 fully saturated rings. The highest BCUT2D eigenvalue weighted by Crippen LogP contribution is 2.11. The normalized spacial score (nSPS) is 11.0. The van der Waals surface area contributed by atoms with Gasteiger partial charge in [0.2, 0.25) is 0 Å². The minimum atomic E-state index is -0.208. The van der Waals surface area contributed by atoms with Crippen LogP contribution in [-0.4, -0.2) is 23.4 Å². The fourth-order valence-electron chi connectivity index (χ4n) is 1.38. The van der Waals surface area contributed by atoms with Gasteiger partial charge in [-0.2, -0.15) is 0 Å². The van der Waals surface area contributed by atoms with Crippen molar-refractivity contribution in [3.8, 4) is 5.75 Å². The van der Waals surface area contributed by atoms with Crippen LogP contribution in [0.5, 0.6) is 5.75 Å². The van der Waals surface area contributed by atoms with E-state index in [1.165, 1.54) is 0 Å². The number of hydrogen-bond donors (Lipinski definition) is 1. The van der Waals surface area contributed by atoms with Crippen LogP contribution < -0.4 is 10.1 Å². The predicted octanol–water partition coefficient (Wildman–Crippen LogP) is 2.75. The lowest BCUT2D eigenvalue weighted by molar-refractivity contribution is -0.124. The summed E-state index contributed by atoms with van der Waals surface area (Å²) in [6.45, 7) is 4.04. The Morgan fingerprint density at radius 3 is 2.59 bits per heavy atom. The summed E-state index contributed by atoms with van der Waals surface area (Å²) in [4.78, 5) is 11.7. The van der Waals surface area contributed by atoms with Crippen molar-refractivity contribution in [3.05, 3.63) is 30.3 Å². The molecule has 0 aliphatic rings. The van der Waals surface area contributed by atoms with Crippen LogP contribution in [0.4, 0.5) is 0 Å². The van der Waals surface area contributed by atoms with Crippen molar-refractivity contribution in [1.29, 1.82) is 0 Å². The summed E-state index contributed by atoms with van der Waals surface area (Å²) in [5.41, 5.74) is -0.208. The van der Waals surface area contributed by atoms with E-state index in [0.717, 1.165) is 11.8 Å². The van der Waals surface area contributed by atoms with Crippen molar-refractivity contribution in [2.45, 2.75) is 25.8 Å². The molecule has 1 N–H and O–H groups in total. The molecule has 0 saturated carbocycles. The number of rotatable bonds is 6. The fourth-order valence-corrected chi connectivity index (χ4v) is 2.37. The monoisotopic (exact) mass is 299 g/mol. The van der Waals surface area contributed by atoms with Gasteiger partial charge in [0.25, 0.3) is 5.91 Å². The number of carbonyl (C=O) groups excluding carboxylic acids is 1. The molecule has 1 aromatic carbocycles. The van der Waals surface area contributed by atoms with Crippen LogP contribution in [-0.2, 0) is 4.79 Å². The molecule has 17 heavy (non-hydrogen) atoms. The van der Waals surface area contributed by atoms with E-state index in [-0.39, 0.29) is 18.1 Å². The van der Waals surface area contributed by atoms with Gasteiger partial charge in [0, 0.05) is 10.9 Å². The smallest absolute Gasteiger partial charge is 0.258 e. The molecule has 0 spiro atoms. The molecule has 0 atom stereocenters. The second kappa shape index (κ2) is 6.64. The third kappa shape index (κ3) is 5.73. The molecule has 0 bridgehead atoms. The van der Waals surface area contributed by atoms with Crippen molar-refractivity contribution in [1.82, 2.24) is 5.32 Å². The van der Waals surface area contributed by atoms with Crippen molar-refractivity contribution in [2.75, 3.05) is 11.9 Å². The lowest BCUT2D eigenvalue weighted by Crippen LogP contribution is -2.45. The molecule has 1 aromatic rings. The molecule has 94 valence electrons. The van der Waals surface area contributed by atoms with Gasteiger partial charge in [0.15, 0.2) is 6.61 Å². The van der Waals surface area contributed by atoms with E-state index in [4.69, 9.17) is 4.74 Å². The van der Waals surface area contributed by atoms with Crippen LogP contribution in [0.3, 0.4) is 0 Å². The highest BCUT2D eigenvalue weighted by atomic mass is 79.9. The number of benzene rings is 1. The zero-order chi connectivity index (χ0) is 12.7. The van der Waals surface area contributed by atoms with Gasteiger partial charge < -0.3 is 10.1 Å². The van der Waals surface area contributed by atoms with Gasteiger partial charge in [-0.1, -0.05) is 34.1 Å². The second-order valence-electron chi connectivity index (χ2n) is 4.47. The van der Waals surface area contributed by atoms with Crippen molar-refractivity contribution < 1.29 is 9.53 Å². The standard InChI is InChI=1S/C13H18BrNO2/c1-13(2,8-9-14)15-12(16)10-17-11-6-4-3-5-7-11/h3-7H,8-10H2,1-2H3,(H,15,16). The number of hydrogen-bond acceptors (Lipinski definition) is 2. The Balaban J connectivity index is 2.35. The van der Waals surface area contributed by atoms with E-state index in [1.54, 1.807) is 0 Å². The summed E-state index contributed by atoms with van der Waals surface area (Å²) in [6.07, 6.45) is 0.879. The molecule has 0 radical (unpaired) electrons. The van der Waals surface area contributed by atoms with Crippen molar-refractivity contribution in [2.24, 2.45) is 0 Å². The molecular formula is C13H18BrNO2. The van der Waals surface area contributed by atoms with Gasteiger partial charge in [0.05, 0.1) is 0 Å². The van der Waals surface area contributed by atoms with Gasteiger partial charge in [-0.25, -0.2) is 0 Å². The Labute approximate surface area is 111 Å². The molecule has 0 unspecified atom stereocenters. The average molecular weight is 300 g/mol. The molecule has 3 nitrogen and oxygen atoms in total. The van der Waals surface area contributed by atoms with Crippen LogP contribution in [0, 0.1) is 0 Å². The van der Waals surface area contributed by atoms with Gasteiger partial charge in [0.1, 0.15) is 5.75 Å². The van der Waals surface area contributed by atoms with E-state index in [0.29, 0.717) is 5.75 Å². The Hall–Kier alpha value is -1.03. The van der Waals surface area contributed by atoms with E-state index < -0.39 is 0 Å². The largest absolute Gasteiger partial charge is 0.484 e. The van der Waals surface area contributed by atoms with Gasteiger partial charge in [-0.05, 0) is 32.4 Å². The third-order valence-corrected chi connectivity index (χ3v) is 2.71. The zero-order valence-corrected chi connectivity index (χ0v) is 11.8. The van der Waals surface area contributed by atoms with Crippen LogP contribution in [0.2, 0.25) is 0 Å². The van der Waals surface area contributed by atoms with Gasteiger partial charge in [-0.15, -0.1) is 0 Å². The molecule has 0 aliphatic carbocycles. The van der Waals surface area contributed by atoms with E-state index >= 15 is 0 Å². The first-order chi connectivity index (χ1) is 8.03. The first-order valence-corrected chi connectivity index (χ1v) is 6.70. The third-order valence-electron chi connectivity index (χ3n) is 2.31. The number of amides is 1. The molecule has 0 heterocycles. The summed E-state index contributed by atoms with van der Waals surface area (Å²) in [6, 6.07) is 9.32. The minimum Gasteiger partial charge on any atom is -0.484 e. The SMILES string of the molecule is CC(C)(CCBr)NC(=O)COc1ccccc1. The van der Waals surface area contributed by atoms with E-state index in [9.17, 15) is 4.79 Å². The highest BCUT2D eigenvalue weighted by molar-refractivity contribution is 9.09. The van der Waals surface area contributed by atoms with Crippen LogP contribution in [0.1, 0.15) is 20.3 Å². The fraction of sp³-hybridized carbons (Fsp3) is 0.462. The Bertz CT molecular complexity index is 352. The van der Waals surface area contributed by atoms with Crippen LogP contribution in [0.15, 0.2) is 30.3 Å². The molecular weight excluding hydrogens is 282 g/mol. The average Bonchev–Trinajstić information content (AvgIpc) is 2.27. The maximum Gasteiger partial charge on any atom is 0.258 e. The quantitative estimate of drug-likeness (QED) is 0.820. The van der Waals surface area contributed by atoms with Crippen LogP contribution in [0.25, 0.3) is 0 Å². The van der Waals surface area contributed by atoms with Gasteiger partial charge in [-0.3, -0.25) is 4.79 Å². The Kier molecular flexibility index (Phi) is 5.48. The molecule has 0 aromatic heterocycles.